The quantitative estimate of drug-likeness (QED) is 0.447. The van der Waals surface area contributed by atoms with Crippen LogP contribution in [-0.2, 0) is 20.9 Å². The molecule has 8 nitrogen and oxygen atoms in total. The zero-order chi connectivity index (χ0) is 22.9. The molecule has 176 valence electrons. The summed E-state index contributed by atoms with van der Waals surface area (Å²) in [5, 5.41) is 4.28. The average molecular weight is 472 g/mol. The third-order valence-corrected chi connectivity index (χ3v) is 6.08. The first-order valence-corrected chi connectivity index (χ1v) is 11.8. The maximum Gasteiger partial charge on any atom is 0.267 e. The molecule has 1 aromatic heterocycles. The van der Waals surface area contributed by atoms with Gasteiger partial charge in [-0.3, -0.25) is 14.7 Å². The van der Waals surface area contributed by atoms with E-state index in [9.17, 15) is 4.79 Å². The van der Waals surface area contributed by atoms with Gasteiger partial charge in [-0.2, -0.15) is 0 Å². The molecular formula is C24H30ClN5O3. The van der Waals surface area contributed by atoms with Crippen molar-refractivity contribution in [3.05, 3.63) is 59.0 Å². The zero-order valence-electron chi connectivity index (χ0n) is 18.6. The first kappa shape index (κ1) is 23.6. The Morgan fingerprint density at radius 1 is 1.21 bits per heavy atom. The van der Waals surface area contributed by atoms with Crippen molar-refractivity contribution in [1.29, 1.82) is 0 Å². The normalized spacial score (nSPS) is 21.7. The van der Waals surface area contributed by atoms with Gasteiger partial charge in [0.25, 0.3) is 5.91 Å². The maximum absolute atomic E-state index is 11.9. The van der Waals surface area contributed by atoms with Gasteiger partial charge in [0.15, 0.2) is 6.29 Å². The van der Waals surface area contributed by atoms with E-state index in [1.165, 1.54) is 6.08 Å². The number of hydroxylamine groups is 1. The number of piperidine rings is 1. The molecular weight excluding hydrogens is 442 g/mol. The lowest BCUT2D eigenvalue weighted by Gasteiger charge is -2.33. The number of hydrogen-bond acceptors (Lipinski definition) is 7. The Morgan fingerprint density at radius 3 is 2.91 bits per heavy atom. The molecule has 2 atom stereocenters. The zero-order valence-corrected chi connectivity index (χ0v) is 19.3. The van der Waals surface area contributed by atoms with Gasteiger partial charge < -0.3 is 10.1 Å². The van der Waals surface area contributed by atoms with Gasteiger partial charge in [0.05, 0.1) is 18.1 Å². The predicted molar refractivity (Wildman–Crippen MR) is 127 cm³/mol. The SMILES string of the molecule is O=C(C=Cc1cnc(N[C@@H]2CCCN(Cc3ccccc3Cl)C2)cn1)NOC1CCCCO1. The molecule has 0 saturated carbocycles. The molecule has 3 heterocycles. The third-order valence-electron chi connectivity index (χ3n) is 5.72. The molecule has 2 aromatic rings. The largest absolute Gasteiger partial charge is 0.365 e. The molecule has 0 spiro atoms. The van der Waals surface area contributed by atoms with Gasteiger partial charge >= 0.3 is 0 Å². The molecule has 2 N–H and O–H groups in total. The highest BCUT2D eigenvalue weighted by Crippen LogP contribution is 2.21. The van der Waals surface area contributed by atoms with Crippen LogP contribution in [-0.4, -0.2) is 52.8 Å². The number of carbonyl (C=O) groups is 1. The van der Waals surface area contributed by atoms with E-state index in [1.54, 1.807) is 18.5 Å². The molecule has 0 radical (unpaired) electrons. The molecule has 2 aliphatic rings. The van der Waals surface area contributed by atoms with E-state index < -0.39 is 0 Å². The highest BCUT2D eigenvalue weighted by atomic mass is 35.5. The van der Waals surface area contributed by atoms with Crippen LogP contribution in [0.1, 0.15) is 43.4 Å². The van der Waals surface area contributed by atoms with E-state index in [-0.39, 0.29) is 12.2 Å². The number of carbonyl (C=O) groups excluding carboxylic acids is 1. The van der Waals surface area contributed by atoms with Crippen molar-refractivity contribution >= 4 is 29.4 Å². The summed E-state index contributed by atoms with van der Waals surface area (Å²) in [6.07, 6.45) is 11.0. The fraction of sp³-hybridized carbons (Fsp3) is 0.458. The Labute approximate surface area is 199 Å². The van der Waals surface area contributed by atoms with E-state index >= 15 is 0 Å². The maximum atomic E-state index is 11.9. The van der Waals surface area contributed by atoms with Crippen LogP contribution in [0.4, 0.5) is 5.82 Å². The van der Waals surface area contributed by atoms with Gasteiger partial charge in [-0.25, -0.2) is 15.3 Å². The predicted octanol–water partition coefficient (Wildman–Crippen LogP) is 3.79. The van der Waals surface area contributed by atoms with Gasteiger partial charge in [0.2, 0.25) is 0 Å². The van der Waals surface area contributed by atoms with Crippen LogP contribution < -0.4 is 10.8 Å². The Bertz CT molecular complexity index is 934. The van der Waals surface area contributed by atoms with Crippen LogP contribution in [0.2, 0.25) is 5.02 Å². The smallest absolute Gasteiger partial charge is 0.267 e. The summed E-state index contributed by atoms with van der Waals surface area (Å²) in [4.78, 5) is 28.4. The summed E-state index contributed by atoms with van der Waals surface area (Å²) in [7, 11) is 0. The van der Waals surface area contributed by atoms with Gasteiger partial charge in [0, 0.05) is 43.3 Å². The number of rotatable bonds is 8. The van der Waals surface area contributed by atoms with Crippen molar-refractivity contribution < 1.29 is 14.4 Å². The fourth-order valence-electron chi connectivity index (χ4n) is 4.02. The lowest BCUT2D eigenvalue weighted by molar-refractivity contribution is -0.198. The number of amides is 1. The van der Waals surface area contributed by atoms with Crippen LogP contribution in [0.25, 0.3) is 6.08 Å². The minimum absolute atomic E-state index is 0.293. The molecule has 1 unspecified atom stereocenters. The molecule has 4 rings (SSSR count). The summed E-state index contributed by atoms with van der Waals surface area (Å²) in [6, 6.07) is 8.28. The second kappa shape index (κ2) is 12.1. The first-order valence-electron chi connectivity index (χ1n) is 11.5. The molecule has 2 fully saturated rings. The van der Waals surface area contributed by atoms with Gasteiger partial charge in [-0.05, 0) is 49.9 Å². The number of ether oxygens (including phenoxy) is 1. The average Bonchev–Trinajstić information content (AvgIpc) is 2.85. The molecule has 0 bridgehead atoms. The van der Waals surface area contributed by atoms with E-state index in [0.29, 0.717) is 18.3 Å². The fourth-order valence-corrected chi connectivity index (χ4v) is 4.21. The highest BCUT2D eigenvalue weighted by Gasteiger charge is 2.21. The van der Waals surface area contributed by atoms with Crippen molar-refractivity contribution in [1.82, 2.24) is 20.3 Å². The number of anilines is 1. The molecule has 2 saturated heterocycles. The molecule has 1 amide bonds. The van der Waals surface area contributed by atoms with Crippen LogP contribution in [0.15, 0.2) is 42.7 Å². The number of nitrogens with one attached hydrogen (secondary N) is 2. The van der Waals surface area contributed by atoms with Crippen LogP contribution in [0.3, 0.4) is 0 Å². The number of halogens is 1. The minimum Gasteiger partial charge on any atom is -0.365 e. The van der Waals surface area contributed by atoms with E-state index in [0.717, 1.165) is 68.1 Å². The molecule has 2 aliphatic heterocycles. The number of benzene rings is 1. The summed E-state index contributed by atoms with van der Waals surface area (Å²) in [5.74, 6) is 0.355. The van der Waals surface area contributed by atoms with Crippen molar-refractivity contribution in [2.24, 2.45) is 0 Å². The van der Waals surface area contributed by atoms with Crippen LogP contribution in [0.5, 0.6) is 0 Å². The second-order valence-electron chi connectivity index (χ2n) is 8.35. The second-order valence-corrected chi connectivity index (χ2v) is 8.76. The lowest BCUT2D eigenvalue weighted by atomic mass is 10.0. The first-order chi connectivity index (χ1) is 16.2. The van der Waals surface area contributed by atoms with E-state index in [1.807, 2.05) is 18.2 Å². The number of likely N-dealkylation sites (tertiary alicyclic amines) is 1. The standard InChI is InChI=1S/C24H30ClN5O3/c25-21-8-2-1-6-18(21)16-30-12-5-7-20(17-30)28-22-15-26-19(14-27-22)10-11-23(31)29-33-24-9-3-4-13-32-24/h1-2,6,8,10-11,14-15,20,24H,3-5,7,9,12-13,16-17H2,(H,27,28)(H,29,31)/t20-,24?/m1/s1. The summed E-state index contributed by atoms with van der Waals surface area (Å²) >= 11 is 6.32. The number of hydrogen-bond donors (Lipinski definition) is 2. The van der Waals surface area contributed by atoms with Crippen LogP contribution in [0, 0.1) is 0 Å². The minimum atomic E-state index is -0.373. The third kappa shape index (κ3) is 7.50. The summed E-state index contributed by atoms with van der Waals surface area (Å²) < 4.78 is 5.41. The Hall–Kier alpha value is -2.52. The topological polar surface area (TPSA) is 88.6 Å². The molecule has 0 aliphatic carbocycles. The van der Waals surface area contributed by atoms with Crippen molar-refractivity contribution in [2.45, 2.75) is 51.0 Å². The van der Waals surface area contributed by atoms with E-state index in [2.05, 4.69) is 31.7 Å². The lowest BCUT2D eigenvalue weighted by Crippen LogP contribution is -2.41. The Balaban J connectivity index is 1.22. The molecule has 1 aromatic carbocycles. The van der Waals surface area contributed by atoms with Gasteiger partial charge in [-0.1, -0.05) is 29.8 Å². The van der Waals surface area contributed by atoms with Gasteiger partial charge in [0.1, 0.15) is 5.82 Å². The van der Waals surface area contributed by atoms with Gasteiger partial charge in [-0.15, -0.1) is 0 Å². The number of aromatic nitrogens is 2. The van der Waals surface area contributed by atoms with E-state index in [4.69, 9.17) is 21.2 Å². The monoisotopic (exact) mass is 471 g/mol. The highest BCUT2D eigenvalue weighted by molar-refractivity contribution is 6.31. The summed E-state index contributed by atoms with van der Waals surface area (Å²) in [5.41, 5.74) is 4.13. The van der Waals surface area contributed by atoms with Crippen molar-refractivity contribution in [3.8, 4) is 0 Å². The summed E-state index contributed by atoms with van der Waals surface area (Å²) in [6.45, 7) is 3.47. The van der Waals surface area contributed by atoms with Crippen LogP contribution >= 0.6 is 11.6 Å². The van der Waals surface area contributed by atoms with Crippen molar-refractivity contribution in [3.63, 3.8) is 0 Å². The molecule has 9 heteroatoms. The Kier molecular flexibility index (Phi) is 8.65. The van der Waals surface area contributed by atoms with Crippen molar-refractivity contribution in [2.75, 3.05) is 25.0 Å². The number of nitrogens with zero attached hydrogens (tertiary/aromatic N) is 3. The molecule has 33 heavy (non-hydrogen) atoms. The Morgan fingerprint density at radius 2 is 2.12 bits per heavy atom.